The number of unbranched alkanes of at least 4 members (excludes halogenated alkanes) is 2. The van der Waals surface area contributed by atoms with E-state index in [1.54, 1.807) is 0 Å². The van der Waals surface area contributed by atoms with Gasteiger partial charge in [-0.3, -0.25) is 48.7 Å². The van der Waals surface area contributed by atoms with Gasteiger partial charge in [0.15, 0.2) is 24.6 Å². The second kappa shape index (κ2) is 26.7. The highest BCUT2D eigenvalue weighted by molar-refractivity contribution is 14.1. The fourth-order valence-corrected chi connectivity index (χ4v) is 12.9. The van der Waals surface area contributed by atoms with Crippen LogP contribution in [0.25, 0.3) is 0 Å². The van der Waals surface area contributed by atoms with Gasteiger partial charge >= 0.3 is 0 Å². The molecule has 2 aromatic rings. The number of carbonyl (C=O) groups excluding carboxylic acids is 7. The summed E-state index contributed by atoms with van der Waals surface area (Å²) >= 11 is 2.28. The molecule has 5 amide bonds. The summed E-state index contributed by atoms with van der Waals surface area (Å²) < 4.78 is 35.8. The minimum Gasteiger partial charge on any atom is -0.507 e. The van der Waals surface area contributed by atoms with E-state index in [9.17, 15) is 54.0 Å². The van der Waals surface area contributed by atoms with Gasteiger partial charge in [-0.05, 0) is 59.3 Å². The number of aromatic hydroxyl groups is 2. The maximum absolute atomic E-state index is 14.3. The number of amides is 5. The second-order valence-electron chi connectivity index (χ2n) is 22.1. The van der Waals surface area contributed by atoms with Crippen LogP contribution in [-0.2, 0) is 54.1 Å². The molecule has 6 aliphatic rings. The Bertz CT molecular complexity index is 2700. The summed E-state index contributed by atoms with van der Waals surface area (Å²) in [6.45, 7) is 7.84. The van der Waals surface area contributed by atoms with Crippen molar-refractivity contribution in [3.05, 3.63) is 51.6 Å². The van der Waals surface area contributed by atoms with Crippen LogP contribution in [0.1, 0.15) is 134 Å². The molecule has 81 heavy (non-hydrogen) atoms. The van der Waals surface area contributed by atoms with Gasteiger partial charge in [-0.25, -0.2) is 0 Å². The Kier molecular flexibility index (Phi) is 20.5. The Labute approximate surface area is 484 Å². The number of imide groups is 1. The molecule has 446 valence electrons. The van der Waals surface area contributed by atoms with Crippen LogP contribution in [-0.4, -0.2) is 209 Å². The first-order valence-corrected chi connectivity index (χ1v) is 29.1. The number of alkyl halides is 1. The average Bonchev–Trinajstić information content (AvgIpc) is 4.05. The molecule has 24 nitrogen and oxygen atoms in total. The van der Waals surface area contributed by atoms with Crippen LogP contribution < -0.4 is 26.0 Å². The van der Waals surface area contributed by atoms with Crippen molar-refractivity contribution < 1.29 is 82.4 Å². The number of phenols is 2. The van der Waals surface area contributed by atoms with Gasteiger partial charge in [-0.2, -0.15) is 0 Å². The van der Waals surface area contributed by atoms with Crippen LogP contribution in [0.15, 0.2) is 18.2 Å². The van der Waals surface area contributed by atoms with Crippen molar-refractivity contribution in [1.29, 1.82) is 0 Å². The van der Waals surface area contributed by atoms with E-state index >= 15 is 0 Å². The fourth-order valence-electron chi connectivity index (χ4n) is 12.1. The third kappa shape index (κ3) is 13.5. The third-order valence-corrected chi connectivity index (χ3v) is 17.7. The molecule has 2 aromatic carbocycles. The molecule has 2 aliphatic carbocycles. The number of benzene rings is 2. The van der Waals surface area contributed by atoms with E-state index < -0.39 is 114 Å². The molecule has 4 saturated heterocycles. The van der Waals surface area contributed by atoms with Gasteiger partial charge in [0.25, 0.3) is 5.91 Å². The van der Waals surface area contributed by atoms with Crippen LogP contribution in [0.4, 0.5) is 0 Å². The highest BCUT2D eigenvalue weighted by atomic mass is 127. The molecule has 0 radical (unpaired) electrons. The van der Waals surface area contributed by atoms with Crippen LogP contribution >= 0.6 is 22.6 Å². The zero-order chi connectivity index (χ0) is 58.5. The smallest absolute Gasteiger partial charge is 0.252 e. The lowest BCUT2D eigenvalue weighted by Gasteiger charge is -2.43. The molecule has 3 unspecified atom stereocenters. The lowest BCUT2D eigenvalue weighted by atomic mass is 9.72. The topological polar surface area (TPSA) is 314 Å². The van der Waals surface area contributed by atoms with Crippen molar-refractivity contribution in [1.82, 2.24) is 36.0 Å². The SMILES string of the molecule is CCCCCC(C)(I)C1CC(=O)N(CCC(O)NCC(=O)NCC(=O)NCCCN(C)CCCNC(=O)[C@]2(O)Cc3c(O)c4c(c(O)c3[C@@H](O[C@H]3C[C@H]5[C@H](O[C@@H]6[C@@H](OC)OCCN65)[C@H](C)O3)C2)C(=O)c2c(OC)cccc2C4=O)C1=O. The third-order valence-electron chi connectivity index (χ3n) is 16.5. The number of rotatable bonds is 26. The molecule has 0 spiro atoms. The summed E-state index contributed by atoms with van der Waals surface area (Å²) in [7, 11) is 4.75. The molecule has 0 saturated carbocycles. The Balaban J connectivity index is 0.802. The van der Waals surface area contributed by atoms with Crippen LogP contribution in [0.2, 0.25) is 0 Å². The number of hydrogen-bond acceptors (Lipinski definition) is 20. The van der Waals surface area contributed by atoms with Crippen molar-refractivity contribution in [2.24, 2.45) is 5.92 Å². The monoisotopic (exact) mass is 1250 g/mol. The second-order valence-corrected chi connectivity index (χ2v) is 24.6. The number of aliphatic hydroxyl groups is 2. The number of hydrogen-bond donors (Lipinski definition) is 8. The number of nitrogens with zero attached hydrogens (tertiary/aromatic N) is 3. The molecular formula is C56H78IN7O17. The fraction of sp³-hybridized carbons (Fsp3) is 0.661. The lowest BCUT2D eigenvalue weighted by Crippen LogP contribution is -2.55. The summed E-state index contributed by atoms with van der Waals surface area (Å²) in [6, 6.07) is 4.23. The van der Waals surface area contributed by atoms with E-state index in [1.807, 2.05) is 25.8 Å². The Hall–Kier alpha value is -4.94. The highest BCUT2D eigenvalue weighted by Gasteiger charge is 2.56. The predicted molar refractivity (Wildman–Crippen MR) is 297 cm³/mol. The summed E-state index contributed by atoms with van der Waals surface area (Å²) in [5.41, 5.74) is -3.49. The van der Waals surface area contributed by atoms with E-state index in [0.717, 1.165) is 25.7 Å². The number of aliphatic hydroxyl groups excluding tert-OH is 1. The highest BCUT2D eigenvalue weighted by Crippen LogP contribution is 2.53. The number of ketones is 2. The van der Waals surface area contributed by atoms with Crippen LogP contribution in [0, 0.1) is 5.92 Å². The molecule has 4 fully saturated rings. The van der Waals surface area contributed by atoms with Crippen molar-refractivity contribution in [2.45, 2.75) is 150 Å². The molecule has 0 aromatic heterocycles. The Morgan fingerprint density at radius 1 is 0.951 bits per heavy atom. The molecule has 8 N–H and O–H groups in total. The van der Waals surface area contributed by atoms with Gasteiger partial charge in [0.1, 0.15) is 35.2 Å². The molecule has 11 atom stereocenters. The predicted octanol–water partition coefficient (Wildman–Crippen LogP) is 1.66. The minimum absolute atomic E-state index is 0.0209. The van der Waals surface area contributed by atoms with E-state index in [-0.39, 0.29) is 101 Å². The first-order chi connectivity index (χ1) is 38.6. The van der Waals surface area contributed by atoms with E-state index in [4.69, 9.17) is 28.4 Å². The van der Waals surface area contributed by atoms with E-state index in [1.165, 1.54) is 37.3 Å². The number of morpholine rings is 1. The zero-order valence-corrected chi connectivity index (χ0v) is 49.0. The standard InChI is InChI=1S/C56H78IN7O17/c1-7-8-9-16-55(3,57)33-24-40(68)64(51(33)73)21-15-37(65)60-29-39(67)61-28-38(66)58-17-11-19-62(4)20-12-18-59-54(74)56(75)26-32-43(49(72)45-44(47(32)70)46(69)31-13-10-14-35(76-5)42(31)48(45)71)36(27-56)80-41-25-34-50(30(2)79-41)81-52-53(77-6)78-23-22-63(34)52/h10,13-14,30,33-34,36-37,41,50,52-53,60,65,70,72,75H,7-9,11-12,15-29H2,1-6H3,(H,58,66)(H,59,74)(H,61,67)/t30-,33?,34-,36-,37?,41-,50+,52+,53-,55?,56-/m0/s1. The van der Waals surface area contributed by atoms with Gasteiger partial charge in [0, 0.05) is 91.5 Å². The normalized spacial score (nSPS) is 27.2. The summed E-state index contributed by atoms with van der Waals surface area (Å²) in [5.74, 6) is -5.38. The maximum atomic E-state index is 14.3. The number of nitrogens with one attached hydrogen (secondary N) is 4. The summed E-state index contributed by atoms with van der Waals surface area (Å²) in [4.78, 5) is 98.7. The van der Waals surface area contributed by atoms with Crippen molar-refractivity contribution in [3.63, 3.8) is 0 Å². The first-order valence-electron chi connectivity index (χ1n) is 28.0. The number of likely N-dealkylation sites (tertiary alicyclic amines) is 1. The van der Waals surface area contributed by atoms with E-state index in [0.29, 0.717) is 45.6 Å². The number of methoxy groups -OCH3 is 2. The zero-order valence-electron chi connectivity index (χ0n) is 46.9. The van der Waals surface area contributed by atoms with Gasteiger partial charge in [0.2, 0.25) is 29.4 Å². The van der Waals surface area contributed by atoms with Crippen LogP contribution in [0.5, 0.6) is 17.2 Å². The largest absolute Gasteiger partial charge is 0.507 e. The van der Waals surface area contributed by atoms with Gasteiger partial charge in [-0.15, -0.1) is 0 Å². The molecular weight excluding hydrogens is 1170 g/mol. The quantitative estimate of drug-likeness (QED) is 0.0142. The summed E-state index contributed by atoms with van der Waals surface area (Å²) in [5, 5.41) is 57.7. The Morgan fingerprint density at radius 2 is 1.67 bits per heavy atom. The molecule has 4 aliphatic heterocycles. The number of halogens is 1. The van der Waals surface area contributed by atoms with Gasteiger partial charge in [-0.1, -0.05) is 60.9 Å². The number of carbonyl (C=O) groups is 7. The lowest BCUT2D eigenvalue weighted by molar-refractivity contribution is -0.256. The van der Waals surface area contributed by atoms with Gasteiger partial charge in [0.05, 0.1) is 61.6 Å². The van der Waals surface area contributed by atoms with Crippen molar-refractivity contribution >= 4 is 63.7 Å². The molecule has 8 rings (SSSR count). The maximum Gasteiger partial charge on any atom is 0.252 e. The Morgan fingerprint density at radius 3 is 2.38 bits per heavy atom. The first kappa shape index (κ1) is 62.1. The summed E-state index contributed by atoms with van der Waals surface area (Å²) in [6.07, 6.45) is -1.11. The molecule has 0 bridgehead atoms. The van der Waals surface area contributed by atoms with Crippen molar-refractivity contribution in [3.8, 4) is 17.2 Å². The number of phenolic OH excluding ortho intramolecular Hbond substituents is 2. The van der Waals surface area contributed by atoms with Gasteiger partial charge < -0.3 is 69.7 Å². The molecule has 4 heterocycles. The van der Waals surface area contributed by atoms with Crippen molar-refractivity contribution in [2.75, 3.05) is 80.2 Å². The van der Waals surface area contributed by atoms with Crippen LogP contribution in [0.3, 0.4) is 0 Å². The number of ether oxygens (including phenoxy) is 6. The number of fused-ring (bicyclic) bond motifs is 6. The van der Waals surface area contributed by atoms with E-state index in [2.05, 4.69) is 55.7 Å². The molecule has 25 heteroatoms. The minimum atomic E-state index is -2.24. The average molecular weight is 1250 g/mol.